The van der Waals surface area contributed by atoms with Crippen LogP contribution >= 0.6 is 11.6 Å². The third kappa shape index (κ3) is 4.66. The van der Waals surface area contributed by atoms with E-state index in [0.717, 1.165) is 18.2 Å². The summed E-state index contributed by atoms with van der Waals surface area (Å²) in [6.07, 6.45) is -1.02. The number of nitrogens with one attached hydrogen (secondary N) is 1. The van der Waals surface area contributed by atoms with Crippen LogP contribution in [0.25, 0.3) is 0 Å². The number of hydrogen-bond acceptors (Lipinski definition) is 4. The molecular formula is C22H20ClF4N5O. The number of likely N-dealkylation sites (N-methyl/N-ethyl adjacent to an activating group) is 1. The Bertz CT molecular complexity index is 1170. The standard InChI is InChI=1S/C22H20ClF4N5O/c1-12-7-14(22(25,26)27)9-19(30-12)32-11-13(20-28-5-6-29-20)8-18(32)21(33)31(2)15-3-4-17(24)16(23)10-15/h3-7,9-10,13,18H,8,11H2,1-2H3,(H,28,29). The molecule has 1 aliphatic heterocycles. The first kappa shape index (κ1) is 23.0. The van der Waals surface area contributed by atoms with Crippen LogP contribution in [0.1, 0.15) is 29.4 Å². The molecule has 33 heavy (non-hydrogen) atoms. The second-order valence-electron chi connectivity index (χ2n) is 7.92. The van der Waals surface area contributed by atoms with E-state index in [0.29, 0.717) is 17.9 Å². The van der Waals surface area contributed by atoms with Gasteiger partial charge in [-0.1, -0.05) is 11.6 Å². The van der Waals surface area contributed by atoms with Crippen LogP contribution in [-0.2, 0) is 11.0 Å². The van der Waals surface area contributed by atoms with Crippen LogP contribution in [0.15, 0.2) is 42.7 Å². The summed E-state index contributed by atoms with van der Waals surface area (Å²) >= 11 is 5.86. The number of aryl methyl sites for hydroxylation is 1. The molecule has 1 saturated heterocycles. The highest BCUT2D eigenvalue weighted by atomic mass is 35.5. The molecule has 1 fully saturated rings. The van der Waals surface area contributed by atoms with Crippen molar-refractivity contribution >= 4 is 29.0 Å². The van der Waals surface area contributed by atoms with Crippen molar-refractivity contribution in [1.29, 1.82) is 0 Å². The van der Waals surface area contributed by atoms with Crippen molar-refractivity contribution in [3.8, 4) is 0 Å². The Morgan fingerprint density at radius 1 is 1.27 bits per heavy atom. The second kappa shape index (κ2) is 8.66. The van der Waals surface area contributed by atoms with Crippen molar-refractivity contribution in [3.05, 3.63) is 70.6 Å². The van der Waals surface area contributed by atoms with Crippen LogP contribution in [0.3, 0.4) is 0 Å². The second-order valence-corrected chi connectivity index (χ2v) is 8.33. The van der Waals surface area contributed by atoms with E-state index in [1.54, 1.807) is 17.3 Å². The SMILES string of the molecule is Cc1cc(C(F)(F)F)cc(N2CC(c3ncc[nH]3)CC2C(=O)N(C)c2ccc(F)c(Cl)c2)n1. The van der Waals surface area contributed by atoms with Gasteiger partial charge in [0.25, 0.3) is 0 Å². The highest BCUT2D eigenvalue weighted by molar-refractivity contribution is 6.31. The number of alkyl halides is 3. The Balaban J connectivity index is 1.71. The fourth-order valence-corrected chi connectivity index (χ4v) is 4.20. The van der Waals surface area contributed by atoms with E-state index < -0.39 is 23.6 Å². The lowest BCUT2D eigenvalue weighted by Gasteiger charge is -2.29. The molecule has 2 aromatic heterocycles. The lowest BCUT2D eigenvalue weighted by Crippen LogP contribution is -2.44. The first-order chi connectivity index (χ1) is 15.5. The van der Waals surface area contributed by atoms with E-state index in [1.165, 1.54) is 31.0 Å². The number of hydrogen-bond donors (Lipinski definition) is 1. The minimum atomic E-state index is -4.55. The van der Waals surface area contributed by atoms with Crippen molar-refractivity contribution in [2.24, 2.45) is 0 Å². The van der Waals surface area contributed by atoms with Gasteiger partial charge in [0.15, 0.2) is 0 Å². The molecule has 6 nitrogen and oxygen atoms in total. The normalized spacial score (nSPS) is 18.6. The van der Waals surface area contributed by atoms with Crippen LogP contribution in [0.5, 0.6) is 0 Å². The topological polar surface area (TPSA) is 65.1 Å². The van der Waals surface area contributed by atoms with Crippen LogP contribution in [0, 0.1) is 12.7 Å². The number of rotatable bonds is 4. The van der Waals surface area contributed by atoms with E-state index in [-0.39, 0.29) is 34.9 Å². The van der Waals surface area contributed by atoms with Gasteiger partial charge in [0.1, 0.15) is 23.5 Å². The minimum Gasteiger partial charge on any atom is -0.348 e. The molecule has 11 heteroatoms. The number of H-pyrrole nitrogens is 1. The smallest absolute Gasteiger partial charge is 0.348 e. The summed E-state index contributed by atoms with van der Waals surface area (Å²) in [6, 6.07) is 4.99. The summed E-state index contributed by atoms with van der Waals surface area (Å²) in [4.78, 5) is 27.9. The zero-order valence-electron chi connectivity index (χ0n) is 17.7. The summed E-state index contributed by atoms with van der Waals surface area (Å²) in [5, 5.41) is -0.140. The van der Waals surface area contributed by atoms with Gasteiger partial charge in [-0.2, -0.15) is 13.2 Å². The van der Waals surface area contributed by atoms with Crippen molar-refractivity contribution in [1.82, 2.24) is 15.0 Å². The maximum absolute atomic E-state index is 13.6. The fraction of sp³-hybridized carbons (Fsp3) is 0.318. The van der Waals surface area contributed by atoms with Gasteiger partial charge < -0.3 is 14.8 Å². The van der Waals surface area contributed by atoms with Gasteiger partial charge in [-0.05, 0) is 43.7 Å². The Labute approximate surface area is 192 Å². The molecule has 0 saturated carbocycles. The molecule has 174 valence electrons. The maximum atomic E-state index is 13.6. The number of aromatic amines is 1. The number of nitrogens with zero attached hydrogens (tertiary/aromatic N) is 4. The molecule has 0 radical (unpaired) electrons. The van der Waals surface area contributed by atoms with Gasteiger partial charge in [0.2, 0.25) is 5.91 Å². The van der Waals surface area contributed by atoms with Gasteiger partial charge in [0.05, 0.1) is 10.6 Å². The summed E-state index contributed by atoms with van der Waals surface area (Å²) < 4.78 is 53.9. The Morgan fingerprint density at radius 2 is 2.03 bits per heavy atom. The van der Waals surface area contributed by atoms with Crippen molar-refractivity contribution in [2.75, 3.05) is 23.4 Å². The Hall–Kier alpha value is -3.14. The molecule has 0 spiro atoms. The number of benzene rings is 1. The fourth-order valence-electron chi connectivity index (χ4n) is 4.03. The third-order valence-electron chi connectivity index (χ3n) is 5.67. The molecule has 3 heterocycles. The molecule has 1 N–H and O–H groups in total. The first-order valence-electron chi connectivity index (χ1n) is 10.1. The molecule has 4 rings (SSSR count). The average molecular weight is 482 g/mol. The largest absolute Gasteiger partial charge is 0.416 e. The van der Waals surface area contributed by atoms with E-state index >= 15 is 0 Å². The molecule has 0 bridgehead atoms. The van der Waals surface area contributed by atoms with Gasteiger partial charge >= 0.3 is 6.18 Å². The van der Waals surface area contributed by atoms with E-state index in [9.17, 15) is 22.4 Å². The Morgan fingerprint density at radius 3 is 2.67 bits per heavy atom. The number of aromatic nitrogens is 3. The van der Waals surface area contributed by atoms with E-state index in [4.69, 9.17) is 11.6 Å². The summed E-state index contributed by atoms with van der Waals surface area (Å²) in [7, 11) is 1.51. The molecule has 3 aromatic rings. The highest BCUT2D eigenvalue weighted by Crippen LogP contribution is 2.37. The van der Waals surface area contributed by atoms with Gasteiger partial charge in [-0.15, -0.1) is 0 Å². The van der Waals surface area contributed by atoms with E-state index in [1.807, 2.05) is 0 Å². The van der Waals surface area contributed by atoms with Crippen LogP contribution < -0.4 is 9.80 Å². The van der Waals surface area contributed by atoms with Crippen molar-refractivity contribution < 1.29 is 22.4 Å². The zero-order valence-corrected chi connectivity index (χ0v) is 18.5. The predicted molar refractivity (Wildman–Crippen MR) is 116 cm³/mol. The summed E-state index contributed by atoms with van der Waals surface area (Å²) in [5.74, 6) is -0.545. The third-order valence-corrected chi connectivity index (χ3v) is 5.96. The van der Waals surface area contributed by atoms with Crippen LogP contribution in [-0.4, -0.2) is 40.5 Å². The van der Waals surface area contributed by atoms with Gasteiger partial charge in [0, 0.05) is 43.3 Å². The molecule has 1 aromatic carbocycles. The quantitative estimate of drug-likeness (QED) is 0.535. The average Bonchev–Trinajstić information content (AvgIpc) is 3.43. The number of anilines is 2. The lowest BCUT2D eigenvalue weighted by atomic mass is 10.0. The summed E-state index contributed by atoms with van der Waals surface area (Å²) in [5.41, 5.74) is -0.288. The lowest BCUT2D eigenvalue weighted by molar-refractivity contribution is -0.137. The number of halogens is 5. The zero-order chi connectivity index (χ0) is 23.9. The van der Waals surface area contributed by atoms with E-state index in [2.05, 4.69) is 15.0 Å². The summed E-state index contributed by atoms with van der Waals surface area (Å²) in [6.45, 7) is 1.72. The number of amides is 1. The highest BCUT2D eigenvalue weighted by Gasteiger charge is 2.42. The molecule has 1 amide bonds. The number of carbonyl (C=O) groups excluding carboxylic acids is 1. The van der Waals surface area contributed by atoms with Gasteiger partial charge in [-0.3, -0.25) is 4.79 Å². The number of imidazole rings is 1. The van der Waals surface area contributed by atoms with Crippen molar-refractivity contribution in [2.45, 2.75) is 31.5 Å². The molecule has 0 aliphatic carbocycles. The monoisotopic (exact) mass is 481 g/mol. The number of carbonyl (C=O) groups is 1. The van der Waals surface area contributed by atoms with Crippen molar-refractivity contribution in [3.63, 3.8) is 0 Å². The van der Waals surface area contributed by atoms with Gasteiger partial charge in [-0.25, -0.2) is 14.4 Å². The molecular weight excluding hydrogens is 462 g/mol. The predicted octanol–water partition coefficient (Wildman–Crippen LogP) is 4.95. The van der Waals surface area contributed by atoms with Crippen LogP contribution in [0.4, 0.5) is 29.1 Å². The maximum Gasteiger partial charge on any atom is 0.416 e. The first-order valence-corrected chi connectivity index (χ1v) is 10.5. The Kier molecular flexibility index (Phi) is 6.04. The minimum absolute atomic E-state index is 0.0558. The number of pyridine rings is 1. The molecule has 2 atom stereocenters. The van der Waals surface area contributed by atoms with Crippen LogP contribution in [0.2, 0.25) is 5.02 Å². The molecule has 1 aliphatic rings. The molecule has 2 unspecified atom stereocenters.